The van der Waals surface area contributed by atoms with E-state index in [1.54, 1.807) is 0 Å². The smallest absolute Gasteiger partial charge is 0.0803 e. The molecule has 0 spiro atoms. The normalized spacial score (nSPS) is 12.8. The monoisotopic (exact) mass is 454 g/mol. The summed E-state index contributed by atoms with van der Waals surface area (Å²) >= 11 is 12.3. The maximum atomic E-state index is 6.16. The largest absolute Gasteiger partial charge is 0.247 e. The topological polar surface area (TPSA) is 24.7 Å². The summed E-state index contributed by atoms with van der Waals surface area (Å²) in [6.07, 6.45) is 0. The number of fused-ring (bicyclic) bond motifs is 2. The molecule has 0 bridgehead atoms. The van der Waals surface area contributed by atoms with Gasteiger partial charge in [0.1, 0.15) is 0 Å². The Balaban J connectivity index is 1.83. The van der Waals surface area contributed by atoms with Crippen LogP contribution in [0.15, 0.2) is 94.9 Å². The molecule has 0 N–H and O–H groups in total. The first kappa shape index (κ1) is 20.7. The van der Waals surface area contributed by atoms with Gasteiger partial charge in [-0.25, -0.2) is 9.98 Å². The van der Waals surface area contributed by atoms with Crippen LogP contribution in [0.3, 0.4) is 0 Å². The van der Waals surface area contributed by atoms with Crippen LogP contribution in [-0.4, -0.2) is 11.4 Å². The third kappa shape index (κ3) is 4.00. The van der Waals surface area contributed by atoms with E-state index in [1.165, 1.54) is 0 Å². The maximum Gasteiger partial charge on any atom is 0.0803 e. The molecule has 0 amide bonds. The summed E-state index contributed by atoms with van der Waals surface area (Å²) in [7, 11) is 0. The standard InChI is InChI=1S/C28H20Cl2N2/c1-17-3-13-23-25(15-17)31-28(20-7-11-22(30)12-8-20)24-14-4-18(2)16-26(24)32-27(23)19-5-9-21(29)10-6-19/h3-16H,1-2H3. The highest BCUT2D eigenvalue weighted by molar-refractivity contribution is 6.31. The highest BCUT2D eigenvalue weighted by Gasteiger charge is 2.20. The second-order valence-corrected chi connectivity index (χ2v) is 8.85. The van der Waals surface area contributed by atoms with Crippen LogP contribution in [0.2, 0.25) is 10.0 Å². The predicted octanol–water partition coefficient (Wildman–Crippen LogP) is 8.26. The highest BCUT2D eigenvalue weighted by atomic mass is 35.5. The van der Waals surface area contributed by atoms with Crippen molar-refractivity contribution in [3.8, 4) is 0 Å². The summed E-state index contributed by atoms with van der Waals surface area (Å²) in [5, 5.41) is 1.40. The van der Waals surface area contributed by atoms with Crippen molar-refractivity contribution >= 4 is 46.0 Å². The fourth-order valence-corrected chi connectivity index (χ4v) is 4.14. The number of hydrogen-bond acceptors (Lipinski definition) is 2. The van der Waals surface area contributed by atoms with E-state index < -0.39 is 0 Å². The maximum absolute atomic E-state index is 6.16. The number of benzene rings is 4. The van der Waals surface area contributed by atoms with Crippen molar-refractivity contribution in [2.24, 2.45) is 9.98 Å². The molecule has 4 aromatic rings. The van der Waals surface area contributed by atoms with E-state index in [2.05, 4.69) is 50.2 Å². The van der Waals surface area contributed by atoms with Gasteiger partial charge in [0.15, 0.2) is 0 Å². The Morgan fingerprint density at radius 2 is 0.875 bits per heavy atom. The summed E-state index contributed by atoms with van der Waals surface area (Å²) in [5.74, 6) is 0. The van der Waals surface area contributed by atoms with Gasteiger partial charge in [-0.15, -0.1) is 0 Å². The van der Waals surface area contributed by atoms with Crippen molar-refractivity contribution in [1.29, 1.82) is 0 Å². The van der Waals surface area contributed by atoms with Gasteiger partial charge in [-0.2, -0.15) is 0 Å². The number of rotatable bonds is 2. The van der Waals surface area contributed by atoms with Gasteiger partial charge in [0.25, 0.3) is 0 Å². The fourth-order valence-electron chi connectivity index (χ4n) is 3.89. The Labute approximate surface area is 197 Å². The second-order valence-electron chi connectivity index (χ2n) is 7.98. The van der Waals surface area contributed by atoms with Crippen LogP contribution < -0.4 is 0 Å². The van der Waals surface area contributed by atoms with Gasteiger partial charge in [-0.3, -0.25) is 0 Å². The Hall–Kier alpha value is -3.20. The van der Waals surface area contributed by atoms with Gasteiger partial charge < -0.3 is 0 Å². The molecule has 0 fully saturated rings. The number of nitrogens with zero attached hydrogens (tertiary/aromatic N) is 2. The zero-order valence-electron chi connectivity index (χ0n) is 17.7. The van der Waals surface area contributed by atoms with Crippen molar-refractivity contribution in [2.45, 2.75) is 13.8 Å². The molecule has 1 heterocycles. The molecule has 4 aromatic carbocycles. The first-order chi connectivity index (χ1) is 15.5. The third-order valence-corrected chi connectivity index (χ3v) is 6.02. The molecule has 2 nitrogen and oxygen atoms in total. The van der Waals surface area contributed by atoms with Gasteiger partial charge >= 0.3 is 0 Å². The molecule has 1 aliphatic rings. The molecule has 0 atom stereocenters. The van der Waals surface area contributed by atoms with Crippen molar-refractivity contribution in [2.75, 3.05) is 0 Å². The van der Waals surface area contributed by atoms with Crippen molar-refractivity contribution in [3.63, 3.8) is 0 Å². The lowest BCUT2D eigenvalue weighted by atomic mass is 9.94. The Morgan fingerprint density at radius 1 is 0.500 bits per heavy atom. The van der Waals surface area contributed by atoms with E-state index in [1.807, 2.05) is 48.5 Å². The molecule has 1 aliphatic heterocycles. The van der Waals surface area contributed by atoms with Crippen molar-refractivity contribution in [1.82, 2.24) is 0 Å². The number of aliphatic imine (C=N–C) groups is 2. The first-order valence-electron chi connectivity index (χ1n) is 10.4. The van der Waals surface area contributed by atoms with Gasteiger partial charge in [0, 0.05) is 32.3 Å². The molecule has 4 heteroatoms. The van der Waals surface area contributed by atoms with Gasteiger partial charge in [-0.1, -0.05) is 71.7 Å². The summed E-state index contributed by atoms with van der Waals surface area (Å²) in [5.41, 5.74) is 9.77. The van der Waals surface area contributed by atoms with E-state index in [9.17, 15) is 0 Å². The molecular formula is C28H20Cl2N2. The molecule has 5 rings (SSSR count). The third-order valence-electron chi connectivity index (χ3n) is 5.52. The van der Waals surface area contributed by atoms with Crippen LogP contribution in [0.4, 0.5) is 11.4 Å². The van der Waals surface area contributed by atoms with E-state index in [4.69, 9.17) is 33.2 Å². The minimum absolute atomic E-state index is 0.698. The molecule has 0 aliphatic carbocycles. The van der Waals surface area contributed by atoms with Crippen LogP contribution in [0.5, 0.6) is 0 Å². The highest BCUT2D eigenvalue weighted by Crippen LogP contribution is 2.34. The van der Waals surface area contributed by atoms with Crippen molar-refractivity contribution < 1.29 is 0 Å². The van der Waals surface area contributed by atoms with E-state index in [0.29, 0.717) is 10.0 Å². The summed E-state index contributed by atoms with van der Waals surface area (Å²) in [4.78, 5) is 10.4. The molecule has 0 aromatic heterocycles. The Bertz CT molecular complexity index is 1270. The molecule has 0 saturated heterocycles. The predicted molar refractivity (Wildman–Crippen MR) is 136 cm³/mol. The first-order valence-corrected chi connectivity index (χ1v) is 11.1. The lowest BCUT2D eigenvalue weighted by Crippen LogP contribution is -2.10. The minimum Gasteiger partial charge on any atom is -0.247 e. The van der Waals surface area contributed by atoms with Crippen LogP contribution in [0, 0.1) is 13.8 Å². The van der Waals surface area contributed by atoms with E-state index >= 15 is 0 Å². The average Bonchev–Trinajstić information content (AvgIpc) is 2.77. The van der Waals surface area contributed by atoms with Gasteiger partial charge in [0.2, 0.25) is 0 Å². The Kier molecular flexibility index (Phi) is 5.42. The summed E-state index contributed by atoms with van der Waals surface area (Å²) < 4.78 is 0. The van der Waals surface area contributed by atoms with Crippen LogP contribution in [0.1, 0.15) is 33.4 Å². The van der Waals surface area contributed by atoms with Crippen molar-refractivity contribution in [3.05, 3.63) is 128 Å². The molecule has 0 radical (unpaired) electrons. The Morgan fingerprint density at radius 3 is 1.25 bits per heavy atom. The molecule has 0 saturated carbocycles. The molecule has 0 unspecified atom stereocenters. The lowest BCUT2D eigenvalue weighted by molar-refractivity contribution is 1.35. The molecule has 32 heavy (non-hydrogen) atoms. The van der Waals surface area contributed by atoms with Gasteiger partial charge in [-0.05, 0) is 61.4 Å². The average molecular weight is 455 g/mol. The van der Waals surface area contributed by atoms with Gasteiger partial charge in [0.05, 0.1) is 22.8 Å². The van der Waals surface area contributed by atoms with E-state index in [-0.39, 0.29) is 0 Å². The zero-order chi connectivity index (χ0) is 22.2. The molecular weight excluding hydrogens is 435 g/mol. The van der Waals surface area contributed by atoms with Crippen LogP contribution in [-0.2, 0) is 0 Å². The SMILES string of the molecule is Cc1ccc2c(c1)N=C(c1ccc(Cl)cc1)c1ccc(C)cc1N=C2c1ccc(Cl)cc1. The zero-order valence-corrected chi connectivity index (χ0v) is 19.2. The number of aryl methyl sites for hydroxylation is 2. The second kappa shape index (κ2) is 8.38. The number of hydrogen-bond donors (Lipinski definition) is 0. The molecule has 156 valence electrons. The summed E-state index contributed by atoms with van der Waals surface area (Å²) in [6.45, 7) is 4.15. The minimum atomic E-state index is 0.698. The van der Waals surface area contributed by atoms with E-state index in [0.717, 1.165) is 56.2 Å². The van der Waals surface area contributed by atoms with Crippen LogP contribution in [0.25, 0.3) is 0 Å². The summed E-state index contributed by atoms with van der Waals surface area (Å²) in [6, 6.07) is 28.2. The number of halogens is 2. The fraction of sp³-hybridized carbons (Fsp3) is 0.0714. The lowest BCUT2D eigenvalue weighted by Gasteiger charge is -2.19. The van der Waals surface area contributed by atoms with Crippen LogP contribution >= 0.6 is 23.2 Å². The quantitative estimate of drug-likeness (QED) is 0.256.